The summed E-state index contributed by atoms with van der Waals surface area (Å²) in [5.74, 6) is 0.781. The van der Waals surface area contributed by atoms with E-state index in [1.54, 1.807) is 11.8 Å². The Morgan fingerprint density at radius 1 is 1.43 bits per heavy atom. The summed E-state index contributed by atoms with van der Waals surface area (Å²) in [5, 5.41) is 9.28. The lowest BCUT2D eigenvalue weighted by atomic mass is 10.2. The van der Waals surface area contributed by atoms with Gasteiger partial charge in [0.25, 0.3) is 0 Å². The molecule has 0 aromatic carbocycles. The first-order valence-corrected chi connectivity index (χ1v) is 7.79. The van der Waals surface area contributed by atoms with Gasteiger partial charge in [0.1, 0.15) is 5.82 Å². The maximum absolute atomic E-state index is 12.1. The van der Waals surface area contributed by atoms with Gasteiger partial charge in [-0.1, -0.05) is 18.7 Å². The number of aryl methyl sites for hydroxylation is 1. The molecule has 1 aromatic rings. The number of nitriles is 1. The van der Waals surface area contributed by atoms with Crippen molar-refractivity contribution in [3.8, 4) is 6.07 Å². The summed E-state index contributed by atoms with van der Waals surface area (Å²) < 4.78 is 0. The minimum absolute atomic E-state index is 0.0402. The number of nitrogens with zero attached hydrogens (tertiary/aromatic N) is 5. The van der Waals surface area contributed by atoms with Gasteiger partial charge in [-0.3, -0.25) is 4.79 Å². The van der Waals surface area contributed by atoms with Crippen molar-refractivity contribution in [2.45, 2.75) is 32.3 Å². The fourth-order valence-electron chi connectivity index (χ4n) is 1.63. The molecule has 0 bridgehead atoms. The third-order valence-corrected chi connectivity index (χ3v) is 3.60. The van der Waals surface area contributed by atoms with Gasteiger partial charge < -0.3 is 10.6 Å². The Bertz CT molecular complexity index is 530. The second-order valence-corrected chi connectivity index (χ2v) is 5.44. The number of hydrogen-bond acceptors (Lipinski definition) is 7. The monoisotopic (exact) mass is 308 g/mol. The molecule has 0 radical (unpaired) electrons. The van der Waals surface area contributed by atoms with Gasteiger partial charge in [0.15, 0.2) is 5.16 Å². The highest BCUT2D eigenvalue weighted by molar-refractivity contribution is 7.99. The van der Waals surface area contributed by atoms with Gasteiger partial charge in [-0.05, 0) is 13.8 Å². The first-order chi connectivity index (χ1) is 9.99. The fraction of sp³-hybridized carbons (Fsp3) is 0.615. The summed E-state index contributed by atoms with van der Waals surface area (Å²) in [5.41, 5.74) is 5.60. The summed E-state index contributed by atoms with van der Waals surface area (Å²) >= 11 is 1.23. The van der Waals surface area contributed by atoms with Crippen molar-refractivity contribution in [2.24, 2.45) is 5.92 Å². The lowest BCUT2D eigenvalue weighted by molar-refractivity contribution is -0.128. The smallest absolute Gasteiger partial charge is 0.233 e. The Morgan fingerprint density at radius 3 is 2.71 bits per heavy atom. The van der Waals surface area contributed by atoms with Crippen molar-refractivity contribution in [1.29, 1.82) is 5.26 Å². The maximum atomic E-state index is 12.1. The predicted octanol–water partition coefficient (Wildman–Crippen LogP) is 1.12. The number of carbonyl (C=O) groups is 1. The van der Waals surface area contributed by atoms with Gasteiger partial charge >= 0.3 is 0 Å². The molecule has 1 atom stereocenters. The van der Waals surface area contributed by atoms with Crippen LogP contribution in [0.2, 0.25) is 0 Å². The van der Waals surface area contributed by atoms with Crippen LogP contribution in [0.4, 0.5) is 5.95 Å². The Labute approximate surface area is 129 Å². The molecule has 114 valence electrons. The number of nitrogen functional groups attached to an aromatic ring is 1. The zero-order valence-corrected chi connectivity index (χ0v) is 13.4. The number of rotatable bonds is 7. The van der Waals surface area contributed by atoms with Crippen molar-refractivity contribution >= 4 is 23.6 Å². The zero-order chi connectivity index (χ0) is 15.8. The normalized spacial score (nSPS) is 11.7. The molecule has 2 N–H and O–H groups in total. The van der Waals surface area contributed by atoms with Crippen LogP contribution in [-0.4, -0.2) is 44.6 Å². The van der Waals surface area contributed by atoms with Crippen LogP contribution in [0.3, 0.4) is 0 Å². The number of amides is 1. The van der Waals surface area contributed by atoms with E-state index in [0.717, 1.165) is 0 Å². The lowest BCUT2D eigenvalue weighted by Crippen LogP contribution is -2.35. The lowest BCUT2D eigenvalue weighted by Gasteiger charge is -2.21. The number of nitrogens with two attached hydrogens (primary N) is 1. The average Bonchev–Trinajstić information content (AvgIpc) is 2.49. The quantitative estimate of drug-likeness (QED) is 0.751. The summed E-state index contributed by atoms with van der Waals surface area (Å²) in [7, 11) is 0. The van der Waals surface area contributed by atoms with Crippen LogP contribution >= 0.6 is 11.8 Å². The van der Waals surface area contributed by atoms with Crippen molar-refractivity contribution in [1.82, 2.24) is 19.9 Å². The first kappa shape index (κ1) is 17.2. The molecule has 0 fully saturated rings. The van der Waals surface area contributed by atoms with E-state index in [2.05, 4.69) is 21.0 Å². The molecular formula is C13H20N6OS. The van der Waals surface area contributed by atoms with E-state index in [0.29, 0.717) is 30.5 Å². The van der Waals surface area contributed by atoms with E-state index >= 15 is 0 Å². The Morgan fingerprint density at radius 2 is 2.14 bits per heavy atom. The molecule has 0 saturated carbocycles. The Kier molecular flexibility index (Phi) is 6.88. The van der Waals surface area contributed by atoms with Crippen LogP contribution in [0.5, 0.6) is 0 Å². The van der Waals surface area contributed by atoms with Gasteiger partial charge in [0.05, 0.1) is 17.7 Å². The van der Waals surface area contributed by atoms with Gasteiger partial charge in [0.2, 0.25) is 11.9 Å². The highest BCUT2D eigenvalue weighted by Gasteiger charge is 2.16. The van der Waals surface area contributed by atoms with Gasteiger partial charge in [-0.25, -0.2) is 4.98 Å². The SMILES string of the molecule is CCc1nc(N)nc(SCC(=O)N(CC)CC(C)C#N)n1. The van der Waals surface area contributed by atoms with Crippen LogP contribution in [0.25, 0.3) is 0 Å². The van der Waals surface area contributed by atoms with Crippen LogP contribution in [-0.2, 0) is 11.2 Å². The molecule has 0 saturated heterocycles. The van der Waals surface area contributed by atoms with E-state index in [-0.39, 0.29) is 23.5 Å². The van der Waals surface area contributed by atoms with Crippen LogP contribution in [0.1, 0.15) is 26.6 Å². The Hall–Kier alpha value is -1.88. The number of hydrogen-bond donors (Lipinski definition) is 1. The zero-order valence-electron chi connectivity index (χ0n) is 12.5. The number of carbonyl (C=O) groups excluding carboxylic acids is 1. The van der Waals surface area contributed by atoms with Gasteiger partial charge in [0, 0.05) is 19.5 Å². The highest BCUT2D eigenvalue weighted by atomic mass is 32.2. The topological polar surface area (TPSA) is 109 Å². The summed E-state index contributed by atoms with van der Waals surface area (Å²) in [4.78, 5) is 26.0. The standard InChI is InChI=1S/C13H20N6OS/c1-4-10-16-12(15)18-13(17-10)21-8-11(20)19(5-2)7-9(3)6-14/h9H,4-5,7-8H2,1-3H3,(H2,15,16,17,18). The molecule has 7 nitrogen and oxygen atoms in total. The minimum Gasteiger partial charge on any atom is -0.368 e. The predicted molar refractivity (Wildman–Crippen MR) is 81.4 cm³/mol. The molecule has 1 amide bonds. The van der Waals surface area contributed by atoms with E-state index in [4.69, 9.17) is 11.0 Å². The van der Waals surface area contributed by atoms with Crippen LogP contribution in [0, 0.1) is 17.2 Å². The summed E-state index contributed by atoms with van der Waals surface area (Å²) in [6.07, 6.45) is 0.662. The van der Waals surface area contributed by atoms with Crippen molar-refractivity contribution in [3.05, 3.63) is 5.82 Å². The third-order valence-electron chi connectivity index (χ3n) is 2.77. The number of aromatic nitrogens is 3. The van der Waals surface area contributed by atoms with Crippen molar-refractivity contribution in [2.75, 3.05) is 24.6 Å². The van der Waals surface area contributed by atoms with E-state index in [9.17, 15) is 4.79 Å². The molecule has 1 rings (SSSR count). The van der Waals surface area contributed by atoms with Gasteiger partial charge in [-0.2, -0.15) is 15.2 Å². The van der Waals surface area contributed by atoms with Gasteiger partial charge in [-0.15, -0.1) is 0 Å². The number of anilines is 1. The molecule has 0 aliphatic carbocycles. The number of thioether (sulfide) groups is 1. The summed E-state index contributed by atoms with van der Waals surface area (Å²) in [6.45, 7) is 6.62. The van der Waals surface area contributed by atoms with Crippen LogP contribution < -0.4 is 5.73 Å². The third kappa shape index (κ3) is 5.55. The molecule has 0 spiro atoms. The van der Waals surface area contributed by atoms with Crippen LogP contribution in [0.15, 0.2) is 5.16 Å². The fourth-order valence-corrected chi connectivity index (χ4v) is 2.40. The van der Waals surface area contributed by atoms with E-state index in [1.165, 1.54) is 11.8 Å². The molecule has 0 aliphatic heterocycles. The van der Waals surface area contributed by atoms with E-state index < -0.39 is 0 Å². The minimum atomic E-state index is -0.182. The molecule has 0 aliphatic rings. The molecular weight excluding hydrogens is 288 g/mol. The molecule has 1 unspecified atom stereocenters. The summed E-state index contributed by atoms with van der Waals surface area (Å²) in [6, 6.07) is 2.13. The molecule has 1 aromatic heterocycles. The second-order valence-electron chi connectivity index (χ2n) is 4.50. The largest absolute Gasteiger partial charge is 0.368 e. The van der Waals surface area contributed by atoms with E-state index in [1.807, 2.05) is 13.8 Å². The molecule has 1 heterocycles. The average molecular weight is 308 g/mol. The van der Waals surface area contributed by atoms with Crippen molar-refractivity contribution in [3.63, 3.8) is 0 Å². The maximum Gasteiger partial charge on any atom is 0.233 e. The first-order valence-electron chi connectivity index (χ1n) is 6.80. The Balaban J connectivity index is 2.63. The van der Waals surface area contributed by atoms with Crippen molar-refractivity contribution < 1.29 is 4.79 Å². The highest BCUT2D eigenvalue weighted by Crippen LogP contribution is 2.15. The molecule has 21 heavy (non-hydrogen) atoms. The second kappa shape index (κ2) is 8.42. The molecule has 8 heteroatoms.